The van der Waals surface area contributed by atoms with Crippen LogP contribution < -0.4 is 5.73 Å². The van der Waals surface area contributed by atoms with Gasteiger partial charge in [-0.25, -0.2) is 0 Å². The summed E-state index contributed by atoms with van der Waals surface area (Å²) in [6, 6.07) is 0.463. The third-order valence-electron chi connectivity index (χ3n) is 2.60. The Bertz CT molecular complexity index is 292. The molecule has 0 spiro atoms. The molecule has 0 aliphatic carbocycles. The van der Waals surface area contributed by atoms with Gasteiger partial charge in [-0.1, -0.05) is 61.3 Å². The predicted molar refractivity (Wildman–Crippen MR) is 86.9 cm³/mol. The number of aryl methyl sites for hydroxylation is 1. The maximum Gasteiger partial charge on any atom is 0.219 e. The van der Waals surface area contributed by atoms with Crippen molar-refractivity contribution in [1.82, 2.24) is 10.2 Å². The Balaban J connectivity index is 0. The molecule has 4 nitrogen and oxygen atoms in total. The molecule has 0 amide bonds. The van der Waals surface area contributed by atoms with Crippen molar-refractivity contribution in [3.63, 3.8) is 0 Å². The molecule has 0 saturated heterocycles. The Morgan fingerprint density at radius 3 is 1.75 bits per heavy atom. The van der Waals surface area contributed by atoms with Gasteiger partial charge in [-0.3, -0.25) is 0 Å². The smallest absolute Gasteiger partial charge is 0.219 e. The van der Waals surface area contributed by atoms with E-state index in [9.17, 15) is 0 Å². The van der Waals surface area contributed by atoms with Crippen molar-refractivity contribution >= 4 is 0 Å². The molecule has 1 rings (SSSR count). The lowest BCUT2D eigenvalue weighted by Gasteiger charge is -2.05. The van der Waals surface area contributed by atoms with Crippen LogP contribution in [0, 0.1) is 0 Å². The molecule has 0 aliphatic heterocycles. The minimum Gasteiger partial charge on any atom is -0.425 e. The number of nitrogens with two attached hydrogens (primary N) is 1. The highest BCUT2D eigenvalue weighted by atomic mass is 16.4. The first-order valence-electron chi connectivity index (χ1n) is 8.12. The zero-order valence-corrected chi connectivity index (χ0v) is 14.6. The Labute approximate surface area is 125 Å². The summed E-state index contributed by atoms with van der Waals surface area (Å²) in [4.78, 5) is 0. The van der Waals surface area contributed by atoms with E-state index in [1.165, 1.54) is 25.7 Å². The molecule has 0 bridgehead atoms. The van der Waals surface area contributed by atoms with Crippen LogP contribution in [0.1, 0.15) is 91.8 Å². The maximum atomic E-state index is 5.69. The van der Waals surface area contributed by atoms with Crippen molar-refractivity contribution in [2.45, 2.75) is 92.5 Å². The van der Waals surface area contributed by atoms with Gasteiger partial charge in [0.25, 0.3) is 0 Å². The molecule has 0 radical (unpaired) electrons. The molecule has 0 aromatic carbocycles. The van der Waals surface area contributed by atoms with Crippen LogP contribution in [0.2, 0.25) is 0 Å². The van der Waals surface area contributed by atoms with Crippen LogP contribution in [0.15, 0.2) is 4.42 Å². The fourth-order valence-corrected chi connectivity index (χ4v) is 1.53. The average molecular weight is 285 g/mol. The second-order valence-corrected chi connectivity index (χ2v) is 4.88. The van der Waals surface area contributed by atoms with E-state index in [4.69, 9.17) is 10.2 Å². The van der Waals surface area contributed by atoms with Gasteiger partial charge in [0.1, 0.15) is 0 Å². The number of hydrogen-bond donors (Lipinski definition) is 1. The third-order valence-corrected chi connectivity index (χ3v) is 2.60. The fraction of sp³-hybridized carbons (Fsp3) is 0.875. The number of rotatable bonds is 6. The van der Waals surface area contributed by atoms with Gasteiger partial charge in [0.15, 0.2) is 0 Å². The minimum absolute atomic E-state index is 0.341. The van der Waals surface area contributed by atoms with E-state index in [0.29, 0.717) is 12.0 Å². The average Bonchev–Trinajstić information content (AvgIpc) is 2.91. The Kier molecular flexibility index (Phi) is 15.5. The van der Waals surface area contributed by atoms with Gasteiger partial charge in [0.05, 0.1) is 0 Å². The van der Waals surface area contributed by atoms with Crippen molar-refractivity contribution in [2.75, 3.05) is 0 Å². The van der Waals surface area contributed by atoms with Gasteiger partial charge in [-0.05, 0) is 12.8 Å². The lowest BCUT2D eigenvalue weighted by molar-refractivity contribution is 0.436. The molecule has 1 aromatic heterocycles. The van der Waals surface area contributed by atoms with Crippen LogP contribution in [0.25, 0.3) is 0 Å². The lowest BCUT2D eigenvalue weighted by Crippen LogP contribution is -2.18. The van der Waals surface area contributed by atoms with E-state index >= 15 is 0 Å². The molecular formula is C16H35N3O. The summed E-state index contributed by atoms with van der Waals surface area (Å²) in [5, 5.41) is 7.71. The van der Waals surface area contributed by atoms with E-state index in [2.05, 4.69) is 24.0 Å². The predicted octanol–water partition coefficient (Wildman–Crippen LogP) is 4.70. The van der Waals surface area contributed by atoms with Gasteiger partial charge in [-0.15, -0.1) is 10.2 Å². The summed E-state index contributed by atoms with van der Waals surface area (Å²) in [6.45, 7) is 14.4. The second kappa shape index (κ2) is 14.5. The number of hydrogen-bond acceptors (Lipinski definition) is 4. The van der Waals surface area contributed by atoms with Gasteiger partial charge in [-0.2, -0.15) is 0 Å². The van der Waals surface area contributed by atoms with E-state index in [1.807, 2.05) is 34.6 Å². The van der Waals surface area contributed by atoms with Crippen molar-refractivity contribution in [3.8, 4) is 0 Å². The van der Waals surface area contributed by atoms with Gasteiger partial charge < -0.3 is 10.2 Å². The molecule has 0 saturated carbocycles. The Morgan fingerprint density at radius 2 is 1.50 bits per heavy atom. The van der Waals surface area contributed by atoms with Crippen molar-refractivity contribution < 1.29 is 4.42 Å². The Morgan fingerprint density at radius 1 is 1.00 bits per heavy atom. The molecule has 120 valence electrons. The number of aromatic nitrogens is 2. The lowest BCUT2D eigenvalue weighted by atomic mass is 10.1. The summed E-state index contributed by atoms with van der Waals surface area (Å²) in [5.41, 5.74) is 5.69. The molecule has 4 heteroatoms. The highest BCUT2D eigenvalue weighted by Crippen LogP contribution is 2.11. The number of nitrogens with zero attached hydrogens (tertiary/aromatic N) is 2. The Hall–Kier alpha value is -0.900. The SMILES string of the molecule is CC.CCCC(N)CCC.CCc1nnc(C(C)C)o1. The first-order chi connectivity index (χ1) is 9.54. The van der Waals surface area contributed by atoms with E-state index in [0.717, 1.165) is 18.2 Å². The standard InChI is InChI=1S/C7H12N2O.C7H17N.C2H6/c1-4-6-8-9-7(10-6)5(2)3;1-3-5-7(8)6-4-2;1-2/h5H,4H2,1-3H3;7H,3-6,8H2,1-2H3;1-2H3. The van der Waals surface area contributed by atoms with E-state index < -0.39 is 0 Å². The van der Waals surface area contributed by atoms with Crippen molar-refractivity contribution in [1.29, 1.82) is 0 Å². The summed E-state index contributed by atoms with van der Waals surface area (Å²) in [5.74, 6) is 1.80. The van der Waals surface area contributed by atoms with Crippen LogP contribution >= 0.6 is 0 Å². The zero-order valence-electron chi connectivity index (χ0n) is 14.6. The molecule has 20 heavy (non-hydrogen) atoms. The second-order valence-electron chi connectivity index (χ2n) is 4.88. The topological polar surface area (TPSA) is 64.9 Å². The molecule has 2 N–H and O–H groups in total. The first kappa shape index (κ1) is 21.4. The molecule has 1 aromatic rings. The highest BCUT2D eigenvalue weighted by molar-refractivity contribution is 4.86. The van der Waals surface area contributed by atoms with Crippen molar-refractivity contribution in [3.05, 3.63) is 11.8 Å². The monoisotopic (exact) mass is 285 g/mol. The molecule has 0 unspecified atom stereocenters. The van der Waals surface area contributed by atoms with Crippen LogP contribution in [0.5, 0.6) is 0 Å². The first-order valence-corrected chi connectivity index (χ1v) is 8.12. The largest absolute Gasteiger partial charge is 0.425 e. The van der Waals surface area contributed by atoms with Crippen LogP contribution in [-0.2, 0) is 6.42 Å². The normalized spacial score (nSPS) is 9.90. The van der Waals surface area contributed by atoms with E-state index in [1.54, 1.807) is 0 Å². The summed E-state index contributed by atoms with van der Waals surface area (Å²) < 4.78 is 5.27. The highest BCUT2D eigenvalue weighted by Gasteiger charge is 2.06. The molecule has 0 atom stereocenters. The molecule has 1 heterocycles. The maximum absolute atomic E-state index is 5.69. The fourth-order valence-electron chi connectivity index (χ4n) is 1.53. The van der Waals surface area contributed by atoms with Crippen LogP contribution in [0.3, 0.4) is 0 Å². The van der Waals surface area contributed by atoms with E-state index in [-0.39, 0.29) is 0 Å². The van der Waals surface area contributed by atoms with Crippen molar-refractivity contribution in [2.24, 2.45) is 5.73 Å². The summed E-state index contributed by atoms with van der Waals surface area (Å²) >= 11 is 0. The molecular weight excluding hydrogens is 250 g/mol. The zero-order chi connectivity index (χ0) is 16.0. The van der Waals surface area contributed by atoms with Gasteiger partial charge in [0.2, 0.25) is 11.8 Å². The molecule has 0 fully saturated rings. The van der Waals surface area contributed by atoms with Gasteiger partial charge in [0, 0.05) is 18.4 Å². The van der Waals surface area contributed by atoms with Crippen LogP contribution in [0.4, 0.5) is 0 Å². The quantitative estimate of drug-likeness (QED) is 0.823. The van der Waals surface area contributed by atoms with Crippen LogP contribution in [-0.4, -0.2) is 16.2 Å². The summed E-state index contributed by atoms with van der Waals surface area (Å²) in [7, 11) is 0. The molecule has 0 aliphatic rings. The minimum atomic E-state index is 0.341. The van der Waals surface area contributed by atoms with Gasteiger partial charge >= 0.3 is 0 Å². The third kappa shape index (κ3) is 11.0. The summed E-state index contributed by atoms with van der Waals surface area (Å²) in [6.07, 6.45) is 5.64.